The van der Waals surface area contributed by atoms with Crippen molar-refractivity contribution in [2.75, 3.05) is 99.1 Å². The number of aliphatic hydroxyl groups excluding tert-OH is 21. The quantitative estimate of drug-likeness (QED) is 0.0274. The van der Waals surface area contributed by atoms with Crippen LogP contribution in [0.25, 0.3) is 0 Å². The van der Waals surface area contributed by atoms with Gasteiger partial charge in [-0.25, -0.2) is 0 Å². The summed E-state index contributed by atoms with van der Waals surface area (Å²) in [6.45, 7) is 1.12. The molecule has 0 amide bonds. The van der Waals surface area contributed by atoms with Crippen LogP contribution in [0.4, 0.5) is 0 Å². The van der Waals surface area contributed by atoms with Crippen molar-refractivity contribution in [3.63, 3.8) is 0 Å². The molecule has 6 saturated heterocycles. The van der Waals surface area contributed by atoms with Crippen molar-refractivity contribution in [2.24, 2.45) is 23.2 Å². The standard InChI is InChI=1S/C77H144O36/c1-5-9-13-17-21-25-44(26-22-18-14-10-6-2)35-99-37-46(38-100-36-45(27-23-19-15-11-7-3)28-24-20-16-12-8-4)39-101-40-77(41-102-71-65(96)59(90)68(50(32-81)108-71)111-74-62(93)56(87)53(84)47(29-78)105-74,42-103-72-66(97)60(91)69(51(33-82)109-72)112-75-63(94)57(88)54(85)48(30-79)106-75)43-104-73-67(98)61(92)70(52(34-83)110-73)113-76-64(95)58(89)55(86)49(31-80)107-76/h44-76,78-98H,5-43H2,1-4H3/t47?,48?,49?,50?,51?,52?,53-,54-,55-,56+,57?,58?,59?,60?,61?,62?,63-,64?,65?,66?,67?,68-,69-,70+,71-,72-,73-,74-,75-,76-,77?/m1/s1. The Morgan fingerprint density at radius 2 is 0.469 bits per heavy atom. The van der Waals surface area contributed by atoms with E-state index in [0.29, 0.717) is 13.2 Å². The van der Waals surface area contributed by atoms with Gasteiger partial charge >= 0.3 is 0 Å². The maximum atomic E-state index is 12.0. The fourth-order valence-corrected chi connectivity index (χ4v) is 15.3. The van der Waals surface area contributed by atoms with Crippen molar-refractivity contribution < 1.29 is 178 Å². The van der Waals surface area contributed by atoms with Crippen LogP contribution in [-0.4, -0.2) is 391 Å². The van der Waals surface area contributed by atoms with Crippen LogP contribution >= 0.6 is 0 Å². The molecule has 0 aromatic rings. The summed E-state index contributed by atoms with van der Waals surface area (Å²) in [5.41, 5.74) is -2.00. The zero-order valence-electron chi connectivity index (χ0n) is 66.6. The van der Waals surface area contributed by atoms with Crippen LogP contribution in [0, 0.1) is 23.2 Å². The highest BCUT2D eigenvalue weighted by atomic mass is 16.8. The van der Waals surface area contributed by atoms with Gasteiger partial charge in [0.25, 0.3) is 0 Å². The van der Waals surface area contributed by atoms with Crippen molar-refractivity contribution in [3.8, 4) is 0 Å². The fraction of sp³-hybridized carbons (Fsp3) is 1.00. The van der Waals surface area contributed by atoms with E-state index in [1.807, 2.05) is 0 Å². The van der Waals surface area contributed by atoms with Crippen LogP contribution in [-0.2, 0) is 71.1 Å². The highest BCUT2D eigenvalue weighted by Crippen LogP contribution is 2.37. The number of unbranched alkanes of at least 4 members (excludes halogenated alkanes) is 16. The van der Waals surface area contributed by atoms with Crippen LogP contribution in [0.1, 0.15) is 182 Å². The van der Waals surface area contributed by atoms with Crippen molar-refractivity contribution in [1.29, 1.82) is 0 Å². The van der Waals surface area contributed by atoms with E-state index in [1.165, 1.54) is 0 Å². The third-order valence-corrected chi connectivity index (χ3v) is 22.6. The molecule has 6 fully saturated rings. The van der Waals surface area contributed by atoms with Crippen LogP contribution < -0.4 is 0 Å². The summed E-state index contributed by atoms with van der Waals surface area (Å²) in [7, 11) is 0. The molecule has 0 saturated carbocycles. The first-order valence-electron chi connectivity index (χ1n) is 41.7. The van der Waals surface area contributed by atoms with Crippen molar-refractivity contribution in [2.45, 2.75) is 366 Å². The number of rotatable bonds is 57. The minimum atomic E-state index is -2.16. The van der Waals surface area contributed by atoms with Gasteiger partial charge in [-0.2, -0.15) is 0 Å². The first kappa shape index (κ1) is 100. The van der Waals surface area contributed by atoms with Gasteiger partial charge < -0.3 is 178 Å². The molecule has 668 valence electrons. The summed E-state index contributed by atoms with van der Waals surface area (Å²) >= 11 is 0. The Labute approximate surface area is 664 Å². The predicted molar refractivity (Wildman–Crippen MR) is 396 cm³/mol. The molecule has 0 aromatic carbocycles. The lowest BCUT2D eigenvalue weighted by Gasteiger charge is -2.47. The van der Waals surface area contributed by atoms with Gasteiger partial charge in [-0.3, -0.25) is 0 Å². The Balaban J connectivity index is 1.39. The van der Waals surface area contributed by atoms with E-state index >= 15 is 0 Å². The van der Waals surface area contributed by atoms with E-state index in [4.69, 9.17) is 71.1 Å². The summed E-state index contributed by atoms with van der Waals surface area (Å²) in [5, 5.41) is 230. The normalized spacial score (nSPS) is 37.3. The minimum absolute atomic E-state index is 0.139. The molecule has 6 heterocycles. The average molecular weight is 1650 g/mol. The summed E-state index contributed by atoms with van der Waals surface area (Å²) < 4.78 is 91.7. The lowest BCUT2D eigenvalue weighted by molar-refractivity contribution is -0.370. The molecule has 31 atom stereocenters. The second kappa shape index (κ2) is 53.5. The van der Waals surface area contributed by atoms with Gasteiger partial charge in [0.1, 0.15) is 146 Å². The van der Waals surface area contributed by atoms with Gasteiger partial charge in [-0.05, 0) is 37.5 Å². The predicted octanol–water partition coefficient (Wildman–Crippen LogP) is -2.76. The zero-order valence-corrected chi connectivity index (χ0v) is 66.6. The van der Waals surface area contributed by atoms with Gasteiger partial charge in [-0.1, -0.05) is 156 Å². The first-order chi connectivity index (χ1) is 54.3. The van der Waals surface area contributed by atoms with E-state index in [1.54, 1.807) is 0 Å². The van der Waals surface area contributed by atoms with E-state index in [2.05, 4.69) is 27.7 Å². The average Bonchev–Trinajstić information content (AvgIpc) is 0.789. The summed E-state index contributed by atoms with van der Waals surface area (Å²) in [6, 6.07) is 0. The molecule has 6 aliphatic heterocycles. The van der Waals surface area contributed by atoms with Gasteiger partial charge in [0, 0.05) is 19.1 Å². The third kappa shape index (κ3) is 30.2. The SMILES string of the molecule is CCCCCCCC(CCCCCCC)COCC(COCC(CCCCCCC)CCCCCCC)COCC(CO[C@@H]1OC(CO)[C@@H](O[C@H]2OC(CO)[C@@H](O)[C@H](O)C2O)C(O)C1O)(CO[C@@H]1OC(CO)[C@@H](O[C@H]2OC(CO)[C@@H](O)C(O)[C@H]2O)C(O)C1O)CO[C@@H]1OC(CO)[C@H](O[C@H]2OC(CO)[C@@H](O)C(O)C2O)C(O)C1O. The molecule has 36 heteroatoms. The number of hydrogen-bond donors (Lipinski definition) is 21. The van der Waals surface area contributed by atoms with Crippen molar-refractivity contribution in [1.82, 2.24) is 0 Å². The Hall–Kier alpha value is -1.44. The van der Waals surface area contributed by atoms with Crippen LogP contribution in [0.5, 0.6) is 0 Å². The molecule has 21 N–H and O–H groups in total. The molecule has 0 radical (unpaired) electrons. The molecule has 0 aliphatic carbocycles. The van der Waals surface area contributed by atoms with Gasteiger partial charge in [0.2, 0.25) is 0 Å². The Morgan fingerprint density at radius 1 is 0.239 bits per heavy atom. The van der Waals surface area contributed by atoms with Crippen LogP contribution in [0.3, 0.4) is 0 Å². The molecule has 17 unspecified atom stereocenters. The molecule has 6 aliphatic rings. The Kier molecular flexibility index (Phi) is 47.5. The first-order valence-corrected chi connectivity index (χ1v) is 41.7. The molecular weight excluding hydrogens is 1500 g/mol. The zero-order chi connectivity index (χ0) is 82.7. The lowest BCUT2D eigenvalue weighted by Crippen LogP contribution is -2.65. The molecule has 113 heavy (non-hydrogen) atoms. The van der Waals surface area contributed by atoms with E-state index in [9.17, 15) is 107 Å². The molecule has 0 spiro atoms. The van der Waals surface area contributed by atoms with Gasteiger partial charge in [-0.15, -0.1) is 0 Å². The van der Waals surface area contributed by atoms with Crippen LogP contribution in [0.15, 0.2) is 0 Å². The third-order valence-electron chi connectivity index (χ3n) is 22.6. The largest absolute Gasteiger partial charge is 0.394 e. The Bertz CT molecular complexity index is 2160. The van der Waals surface area contributed by atoms with E-state index in [0.717, 1.165) is 154 Å². The second-order valence-electron chi connectivity index (χ2n) is 31.9. The van der Waals surface area contributed by atoms with E-state index in [-0.39, 0.29) is 31.7 Å². The molecule has 6 rings (SSSR count). The van der Waals surface area contributed by atoms with Crippen LogP contribution in [0.2, 0.25) is 0 Å². The number of hydrogen-bond acceptors (Lipinski definition) is 36. The lowest BCUT2D eigenvalue weighted by atomic mass is 9.91. The van der Waals surface area contributed by atoms with E-state index < -0.39 is 262 Å². The maximum Gasteiger partial charge on any atom is 0.187 e. The summed E-state index contributed by atoms with van der Waals surface area (Å²) in [4.78, 5) is 0. The highest BCUT2D eigenvalue weighted by Gasteiger charge is 2.56. The molecule has 0 aromatic heterocycles. The summed E-state index contributed by atoms with van der Waals surface area (Å²) in [6.07, 6.45) is -30.6. The fourth-order valence-electron chi connectivity index (χ4n) is 15.3. The molecular formula is C77H144O36. The Morgan fingerprint density at radius 3 is 0.726 bits per heavy atom. The maximum absolute atomic E-state index is 12.0. The molecule has 0 bridgehead atoms. The van der Waals surface area contributed by atoms with Gasteiger partial charge in [0.15, 0.2) is 37.7 Å². The van der Waals surface area contributed by atoms with Crippen molar-refractivity contribution in [3.05, 3.63) is 0 Å². The number of aliphatic hydroxyl groups is 21. The van der Waals surface area contributed by atoms with Crippen molar-refractivity contribution >= 4 is 0 Å². The monoisotopic (exact) mass is 1640 g/mol. The molecule has 36 nitrogen and oxygen atoms in total. The highest BCUT2D eigenvalue weighted by molar-refractivity contribution is 4.99. The number of ether oxygens (including phenoxy) is 15. The minimum Gasteiger partial charge on any atom is -0.394 e. The van der Waals surface area contributed by atoms with Gasteiger partial charge in [0.05, 0.1) is 91.3 Å². The second-order valence-corrected chi connectivity index (χ2v) is 31.9. The summed E-state index contributed by atoms with van der Waals surface area (Å²) in [5.74, 6) is 0.0123. The smallest absolute Gasteiger partial charge is 0.187 e. The topological polar surface area (TPSA) is 563 Å².